The Hall–Kier alpha value is -1.15. The summed E-state index contributed by atoms with van der Waals surface area (Å²) in [6, 6.07) is 5.68. The van der Waals surface area contributed by atoms with Crippen LogP contribution in [0, 0.1) is 5.41 Å². The zero-order chi connectivity index (χ0) is 18.0. The molecule has 0 spiro atoms. The minimum Gasteiger partial charge on any atom is -0.325 e. The van der Waals surface area contributed by atoms with E-state index in [1.807, 2.05) is 20.8 Å². The van der Waals surface area contributed by atoms with E-state index >= 15 is 0 Å². The summed E-state index contributed by atoms with van der Waals surface area (Å²) in [6.07, 6.45) is 2.83. The molecule has 8 heteroatoms. The molecule has 0 bridgehead atoms. The lowest BCUT2D eigenvalue weighted by Crippen LogP contribution is -2.45. The van der Waals surface area contributed by atoms with E-state index in [2.05, 4.69) is 5.32 Å². The number of sulfonamides is 1. The average Bonchev–Trinajstić information content (AvgIpc) is 2.54. The molecule has 0 saturated carbocycles. The maximum absolute atomic E-state index is 12.7. The standard InChI is InChI=1S/C17H27N3O3S.ClH/c1-17(2,3)15(18)16(21)19-13-8-7-9-14(12-13)24(22,23)20-10-5-4-6-11-20;/h7-9,12,15H,4-6,10-11,18H2,1-3H3,(H,19,21);1H/t15-;/m1./s1. The van der Waals surface area contributed by atoms with Crippen LogP contribution in [0.4, 0.5) is 5.69 Å². The van der Waals surface area contributed by atoms with Gasteiger partial charge in [0.2, 0.25) is 15.9 Å². The number of halogens is 1. The highest BCUT2D eigenvalue weighted by Crippen LogP contribution is 2.24. The lowest BCUT2D eigenvalue weighted by Gasteiger charge is -2.27. The monoisotopic (exact) mass is 389 g/mol. The zero-order valence-electron chi connectivity index (χ0n) is 15.0. The fourth-order valence-electron chi connectivity index (χ4n) is 2.60. The highest BCUT2D eigenvalue weighted by atomic mass is 35.5. The molecule has 1 heterocycles. The number of benzene rings is 1. The summed E-state index contributed by atoms with van der Waals surface area (Å²) < 4.78 is 26.9. The molecule has 1 amide bonds. The molecule has 1 aliphatic rings. The van der Waals surface area contributed by atoms with Crippen molar-refractivity contribution >= 4 is 34.0 Å². The van der Waals surface area contributed by atoms with Crippen LogP contribution in [0.3, 0.4) is 0 Å². The first kappa shape index (κ1) is 21.9. The Morgan fingerprint density at radius 2 is 1.80 bits per heavy atom. The van der Waals surface area contributed by atoms with Crippen LogP contribution in [-0.2, 0) is 14.8 Å². The number of nitrogens with two attached hydrogens (primary N) is 1. The van der Waals surface area contributed by atoms with Crippen molar-refractivity contribution in [2.45, 2.75) is 51.0 Å². The molecule has 1 fully saturated rings. The Kier molecular flexibility index (Phi) is 7.43. The topological polar surface area (TPSA) is 92.5 Å². The quantitative estimate of drug-likeness (QED) is 0.827. The lowest BCUT2D eigenvalue weighted by molar-refractivity contribution is -0.119. The van der Waals surface area contributed by atoms with E-state index in [1.165, 1.54) is 10.4 Å². The minimum absolute atomic E-state index is 0. The molecule has 0 aliphatic carbocycles. The van der Waals surface area contributed by atoms with Crippen LogP contribution in [0.15, 0.2) is 29.2 Å². The van der Waals surface area contributed by atoms with E-state index in [-0.39, 0.29) is 28.6 Å². The fraction of sp³-hybridized carbons (Fsp3) is 0.588. The third-order valence-electron chi connectivity index (χ3n) is 4.27. The first-order valence-electron chi connectivity index (χ1n) is 8.29. The molecule has 142 valence electrons. The molecule has 0 radical (unpaired) electrons. The summed E-state index contributed by atoms with van der Waals surface area (Å²) in [4.78, 5) is 12.4. The first-order valence-corrected chi connectivity index (χ1v) is 9.73. The molecule has 2 rings (SSSR count). The van der Waals surface area contributed by atoms with Gasteiger partial charge in [-0.1, -0.05) is 33.3 Å². The fourth-order valence-corrected chi connectivity index (χ4v) is 4.17. The van der Waals surface area contributed by atoms with Gasteiger partial charge in [-0.15, -0.1) is 12.4 Å². The second-order valence-electron chi connectivity index (χ2n) is 7.33. The second-order valence-corrected chi connectivity index (χ2v) is 9.26. The van der Waals surface area contributed by atoms with Gasteiger partial charge < -0.3 is 11.1 Å². The average molecular weight is 390 g/mol. The van der Waals surface area contributed by atoms with Crippen LogP contribution < -0.4 is 11.1 Å². The van der Waals surface area contributed by atoms with Gasteiger partial charge in [0.25, 0.3) is 0 Å². The van der Waals surface area contributed by atoms with Gasteiger partial charge in [0.05, 0.1) is 10.9 Å². The van der Waals surface area contributed by atoms with E-state index in [0.29, 0.717) is 18.8 Å². The number of nitrogens with zero attached hydrogens (tertiary/aromatic N) is 1. The van der Waals surface area contributed by atoms with E-state index in [1.54, 1.807) is 18.2 Å². The summed E-state index contributed by atoms with van der Waals surface area (Å²) >= 11 is 0. The van der Waals surface area contributed by atoms with Gasteiger partial charge in [-0.3, -0.25) is 4.79 Å². The van der Waals surface area contributed by atoms with Crippen LogP contribution in [0.25, 0.3) is 0 Å². The largest absolute Gasteiger partial charge is 0.325 e. The van der Waals surface area contributed by atoms with Gasteiger partial charge >= 0.3 is 0 Å². The van der Waals surface area contributed by atoms with Crippen molar-refractivity contribution < 1.29 is 13.2 Å². The zero-order valence-corrected chi connectivity index (χ0v) is 16.6. The maximum Gasteiger partial charge on any atom is 0.243 e. The number of carbonyl (C=O) groups is 1. The molecule has 1 aromatic carbocycles. The van der Waals surface area contributed by atoms with Crippen LogP contribution in [0.2, 0.25) is 0 Å². The molecule has 6 nitrogen and oxygen atoms in total. The highest BCUT2D eigenvalue weighted by molar-refractivity contribution is 7.89. The predicted molar refractivity (Wildman–Crippen MR) is 102 cm³/mol. The first-order chi connectivity index (χ1) is 11.1. The Labute approximate surface area is 156 Å². The van der Waals surface area contributed by atoms with Gasteiger partial charge in [0.1, 0.15) is 0 Å². The van der Waals surface area contributed by atoms with E-state index in [9.17, 15) is 13.2 Å². The van der Waals surface area contributed by atoms with Gasteiger partial charge in [0, 0.05) is 18.8 Å². The Morgan fingerprint density at radius 3 is 2.36 bits per heavy atom. The van der Waals surface area contributed by atoms with E-state index < -0.39 is 16.1 Å². The Balaban J connectivity index is 0.00000312. The van der Waals surface area contributed by atoms with Gasteiger partial charge in [-0.2, -0.15) is 4.31 Å². The number of amides is 1. The number of nitrogens with one attached hydrogen (secondary N) is 1. The molecule has 25 heavy (non-hydrogen) atoms. The molecule has 0 aromatic heterocycles. The highest BCUT2D eigenvalue weighted by Gasteiger charge is 2.29. The Morgan fingerprint density at radius 1 is 1.20 bits per heavy atom. The van der Waals surface area contributed by atoms with Crippen molar-refractivity contribution in [3.05, 3.63) is 24.3 Å². The Bertz CT molecular complexity index is 695. The molecule has 0 unspecified atom stereocenters. The molecule has 1 atom stereocenters. The molecule has 1 saturated heterocycles. The number of carbonyl (C=O) groups excluding carboxylic acids is 1. The predicted octanol–water partition coefficient (Wildman–Crippen LogP) is 2.59. The summed E-state index contributed by atoms with van der Waals surface area (Å²) in [6.45, 7) is 6.75. The molecular formula is C17H28ClN3O3S. The lowest BCUT2D eigenvalue weighted by atomic mass is 9.87. The molecule has 1 aliphatic heterocycles. The summed E-state index contributed by atoms with van der Waals surface area (Å²) in [7, 11) is -3.52. The van der Waals surface area contributed by atoms with Crippen molar-refractivity contribution in [1.29, 1.82) is 0 Å². The number of hydrogen-bond acceptors (Lipinski definition) is 4. The minimum atomic E-state index is -3.52. The summed E-state index contributed by atoms with van der Waals surface area (Å²) in [5, 5.41) is 2.72. The van der Waals surface area contributed by atoms with Crippen molar-refractivity contribution in [2.24, 2.45) is 11.1 Å². The van der Waals surface area contributed by atoms with Crippen LogP contribution >= 0.6 is 12.4 Å². The summed E-state index contributed by atoms with van der Waals surface area (Å²) in [5.74, 6) is -0.324. The van der Waals surface area contributed by atoms with Gasteiger partial charge in [-0.25, -0.2) is 8.42 Å². The maximum atomic E-state index is 12.7. The third-order valence-corrected chi connectivity index (χ3v) is 6.16. The van der Waals surface area contributed by atoms with Crippen LogP contribution in [-0.4, -0.2) is 37.8 Å². The normalized spacial score (nSPS) is 17.4. The number of hydrogen-bond donors (Lipinski definition) is 2. The van der Waals surface area contributed by atoms with Crippen LogP contribution in [0.1, 0.15) is 40.0 Å². The second kappa shape index (κ2) is 8.49. The third kappa shape index (κ3) is 5.41. The number of rotatable bonds is 4. The van der Waals surface area contributed by atoms with Crippen LogP contribution in [0.5, 0.6) is 0 Å². The SMILES string of the molecule is CC(C)(C)[C@H](N)C(=O)Nc1cccc(S(=O)(=O)N2CCCCC2)c1.Cl. The molecule has 1 aromatic rings. The van der Waals surface area contributed by atoms with E-state index in [4.69, 9.17) is 5.73 Å². The van der Waals surface area contributed by atoms with Crippen molar-refractivity contribution in [1.82, 2.24) is 4.31 Å². The molecular weight excluding hydrogens is 362 g/mol. The summed E-state index contributed by atoms with van der Waals surface area (Å²) in [5.41, 5.74) is 6.01. The van der Waals surface area contributed by atoms with Crippen molar-refractivity contribution in [3.63, 3.8) is 0 Å². The number of piperidine rings is 1. The van der Waals surface area contributed by atoms with Crippen molar-refractivity contribution in [2.75, 3.05) is 18.4 Å². The smallest absolute Gasteiger partial charge is 0.243 e. The number of anilines is 1. The van der Waals surface area contributed by atoms with E-state index in [0.717, 1.165) is 19.3 Å². The van der Waals surface area contributed by atoms with Gasteiger partial charge in [0.15, 0.2) is 0 Å². The van der Waals surface area contributed by atoms with Crippen molar-refractivity contribution in [3.8, 4) is 0 Å². The van der Waals surface area contributed by atoms with Gasteiger partial charge in [-0.05, 0) is 36.5 Å². The molecule has 3 N–H and O–H groups in total.